The first-order chi connectivity index (χ1) is 7.11. The standard InChI is InChI=1S/C11H12F2O2/c12-11(13)6-2-1-4-8(11)10(14)9-5-3-7-15-9/h3,5,7-8H,1-2,4,6H2. The molecule has 1 aliphatic rings. The van der Waals surface area contributed by atoms with Gasteiger partial charge >= 0.3 is 0 Å². The van der Waals surface area contributed by atoms with Gasteiger partial charge in [0, 0.05) is 6.42 Å². The van der Waals surface area contributed by atoms with Gasteiger partial charge < -0.3 is 4.42 Å². The molecule has 1 saturated carbocycles. The molecule has 1 fully saturated rings. The SMILES string of the molecule is O=C(c1ccco1)C1CCCCC1(F)F. The maximum Gasteiger partial charge on any atom is 0.258 e. The molecule has 0 aromatic carbocycles. The maximum absolute atomic E-state index is 13.4. The zero-order valence-corrected chi connectivity index (χ0v) is 8.21. The first kappa shape index (κ1) is 10.3. The summed E-state index contributed by atoms with van der Waals surface area (Å²) in [6.45, 7) is 0. The van der Waals surface area contributed by atoms with E-state index in [1.54, 1.807) is 0 Å². The highest BCUT2D eigenvalue weighted by molar-refractivity contribution is 5.96. The molecule has 0 amide bonds. The molecular formula is C11H12F2O2. The normalized spacial score (nSPS) is 25.1. The van der Waals surface area contributed by atoms with E-state index in [-0.39, 0.29) is 18.6 Å². The minimum atomic E-state index is -2.87. The number of hydrogen-bond donors (Lipinski definition) is 0. The summed E-state index contributed by atoms with van der Waals surface area (Å²) in [5.74, 6) is -4.59. The Balaban J connectivity index is 2.19. The van der Waals surface area contributed by atoms with Gasteiger partial charge in [-0.15, -0.1) is 0 Å². The molecule has 4 heteroatoms. The lowest BCUT2D eigenvalue weighted by Gasteiger charge is -2.29. The van der Waals surface area contributed by atoms with Gasteiger partial charge in [0.1, 0.15) is 0 Å². The summed E-state index contributed by atoms with van der Waals surface area (Å²) in [6.07, 6.45) is 2.58. The second-order valence-electron chi connectivity index (χ2n) is 3.90. The first-order valence-electron chi connectivity index (χ1n) is 5.07. The molecule has 0 bridgehead atoms. The highest BCUT2D eigenvalue weighted by atomic mass is 19.3. The molecule has 0 saturated heterocycles. The van der Waals surface area contributed by atoms with Crippen LogP contribution in [0.1, 0.15) is 36.2 Å². The molecule has 1 aromatic rings. The van der Waals surface area contributed by atoms with Crippen molar-refractivity contribution in [3.05, 3.63) is 24.2 Å². The summed E-state index contributed by atoms with van der Waals surface area (Å²) in [5, 5.41) is 0. The van der Waals surface area contributed by atoms with Gasteiger partial charge in [0.15, 0.2) is 5.76 Å². The Bertz CT molecular complexity index is 343. The minimum absolute atomic E-state index is 0.0431. The number of alkyl halides is 2. The molecule has 0 N–H and O–H groups in total. The van der Waals surface area contributed by atoms with Crippen LogP contribution in [0.15, 0.2) is 22.8 Å². The summed E-state index contributed by atoms with van der Waals surface area (Å²) in [6, 6.07) is 2.97. The quantitative estimate of drug-likeness (QED) is 0.707. The van der Waals surface area contributed by atoms with Crippen LogP contribution in [0.5, 0.6) is 0 Å². The van der Waals surface area contributed by atoms with Crippen molar-refractivity contribution in [2.75, 3.05) is 0 Å². The Labute approximate surface area is 86.3 Å². The fourth-order valence-corrected chi connectivity index (χ4v) is 2.01. The highest BCUT2D eigenvalue weighted by Crippen LogP contribution is 2.40. The van der Waals surface area contributed by atoms with Crippen molar-refractivity contribution in [3.63, 3.8) is 0 Å². The predicted molar refractivity (Wildman–Crippen MR) is 49.9 cm³/mol. The van der Waals surface area contributed by atoms with E-state index in [2.05, 4.69) is 0 Å². The minimum Gasteiger partial charge on any atom is -0.461 e. The van der Waals surface area contributed by atoms with Crippen molar-refractivity contribution in [2.45, 2.75) is 31.6 Å². The van der Waals surface area contributed by atoms with Crippen molar-refractivity contribution >= 4 is 5.78 Å². The Morgan fingerprint density at radius 3 is 2.87 bits per heavy atom. The number of halogens is 2. The molecule has 82 valence electrons. The monoisotopic (exact) mass is 214 g/mol. The van der Waals surface area contributed by atoms with E-state index >= 15 is 0 Å². The van der Waals surface area contributed by atoms with Gasteiger partial charge in [-0.2, -0.15) is 0 Å². The van der Waals surface area contributed by atoms with Crippen molar-refractivity contribution < 1.29 is 18.0 Å². The van der Waals surface area contributed by atoms with E-state index in [1.807, 2.05) is 0 Å². The van der Waals surface area contributed by atoms with E-state index in [0.717, 1.165) is 0 Å². The van der Waals surface area contributed by atoms with Gasteiger partial charge in [-0.05, 0) is 25.0 Å². The molecule has 1 aliphatic carbocycles. The summed E-state index contributed by atoms with van der Waals surface area (Å²) in [7, 11) is 0. The average Bonchev–Trinajstić information content (AvgIpc) is 2.69. The van der Waals surface area contributed by atoms with Gasteiger partial charge in [-0.25, -0.2) is 8.78 Å². The number of hydrogen-bond acceptors (Lipinski definition) is 2. The van der Waals surface area contributed by atoms with Crippen LogP contribution >= 0.6 is 0 Å². The smallest absolute Gasteiger partial charge is 0.258 e. The van der Waals surface area contributed by atoms with Crippen LogP contribution in [-0.4, -0.2) is 11.7 Å². The molecule has 1 heterocycles. The number of ketones is 1. The molecule has 2 rings (SSSR count). The van der Waals surface area contributed by atoms with Gasteiger partial charge in [0.25, 0.3) is 5.92 Å². The largest absolute Gasteiger partial charge is 0.461 e. The molecule has 2 nitrogen and oxygen atoms in total. The van der Waals surface area contributed by atoms with Crippen LogP contribution in [0.4, 0.5) is 8.78 Å². The molecular weight excluding hydrogens is 202 g/mol. The number of carbonyl (C=O) groups is 1. The van der Waals surface area contributed by atoms with Crippen LogP contribution in [0.2, 0.25) is 0 Å². The fourth-order valence-electron chi connectivity index (χ4n) is 2.01. The lowest BCUT2D eigenvalue weighted by atomic mass is 9.82. The first-order valence-corrected chi connectivity index (χ1v) is 5.07. The molecule has 1 unspecified atom stereocenters. The summed E-state index contributed by atoms with van der Waals surface area (Å²) in [5.41, 5.74) is 0. The molecule has 0 radical (unpaired) electrons. The van der Waals surface area contributed by atoms with Gasteiger partial charge in [0.2, 0.25) is 5.78 Å². The van der Waals surface area contributed by atoms with E-state index in [4.69, 9.17) is 4.42 Å². The third-order valence-corrected chi connectivity index (χ3v) is 2.84. The van der Waals surface area contributed by atoms with Crippen molar-refractivity contribution in [1.82, 2.24) is 0 Å². The number of rotatable bonds is 2. The fraction of sp³-hybridized carbons (Fsp3) is 0.545. The van der Waals surface area contributed by atoms with E-state index in [1.165, 1.54) is 18.4 Å². The third kappa shape index (κ3) is 1.94. The van der Waals surface area contributed by atoms with E-state index in [9.17, 15) is 13.6 Å². The molecule has 1 atom stereocenters. The Hall–Kier alpha value is -1.19. The maximum atomic E-state index is 13.4. The number of furan rings is 1. The number of carbonyl (C=O) groups excluding carboxylic acids is 1. The van der Waals surface area contributed by atoms with Crippen LogP contribution in [-0.2, 0) is 0 Å². The topological polar surface area (TPSA) is 30.2 Å². The van der Waals surface area contributed by atoms with Crippen LogP contribution < -0.4 is 0 Å². The van der Waals surface area contributed by atoms with E-state index in [0.29, 0.717) is 12.8 Å². The zero-order valence-electron chi connectivity index (χ0n) is 8.21. The summed E-state index contributed by atoms with van der Waals surface area (Å²) >= 11 is 0. The molecule has 0 aliphatic heterocycles. The van der Waals surface area contributed by atoms with Crippen LogP contribution in [0, 0.1) is 5.92 Å². The third-order valence-electron chi connectivity index (χ3n) is 2.84. The van der Waals surface area contributed by atoms with Crippen molar-refractivity contribution in [2.24, 2.45) is 5.92 Å². The number of Topliss-reactive ketones (excluding diaryl/α,β-unsaturated/α-hetero) is 1. The average molecular weight is 214 g/mol. The van der Waals surface area contributed by atoms with Gasteiger partial charge in [-0.3, -0.25) is 4.79 Å². The predicted octanol–water partition coefficient (Wildman–Crippen LogP) is 3.29. The summed E-state index contributed by atoms with van der Waals surface area (Å²) < 4.78 is 31.8. The van der Waals surface area contributed by atoms with Gasteiger partial charge in [-0.1, -0.05) is 6.42 Å². The second-order valence-corrected chi connectivity index (χ2v) is 3.90. The summed E-state index contributed by atoms with van der Waals surface area (Å²) in [4.78, 5) is 11.7. The van der Waals surface area contributed by atoms with Gasteiger partial charge in [0.05, 0.1) is 12.2 Å². The van der Waals surface area contributed by atoms with Crippen LogP contribution in [0.25, 0.3) is 0 Å². The molecule has 1 aromatic heterocycles. The molecule has 15 heavy (non-hydrogen) atoms. The lowest BCUT2D eigenvalue weighted by Crippen LogP contribution is -2.37. The van der Waals surface area contributed by atoms with Crippen molar-refractivity contribution in [3.8, 4) is 0 Å². The Kier molecular flexibility index (Phi) is 2.59. The Morgan fingerprint density at radius 1 is 1.47 bits per heavy atom. The zero-order chi connectivity index (χ0) is 10.9. The Morgan fingerprint density at radius 2 is 2.27 bits per heavy atom. The highest BCUT2D eigenvalue weighted by Gasteiger charge is 2.46. The van der Waals surface area contributed by atoms with Crippen LogP contribution in [0.3, 0.4) is 0 Å². The second kappa shape index (κ2) is 3.76. The molecule has 0 spiro atoms. The van der Waals surface area contributed by atoms with E-state index < -0.39 is 17.6 Å². The van der Waals surface area contributed by atoms with Crippen molar-refractivity contribution in [1.29, 1.82) is 0 Å². The lowest BCUT2D eigenvalue weighted by molar-refractivity contribution is -0.0716.